The van der Waals surface area contributed by atoms with E-state index in [2.05, 4.69) is 10.3 Å². The Morgan fingerprint density at radius 3 is 2.63 bits per heavy atom. The highest BCUT2D eigenvalue weighted by atomic mass is 32.1. The molecule has 98 valence electrons. The maximum atomic E-state index is 11.7. The number of hydrogen-bond acceptors (Lipinski definition) is 4. The van der Waals surface area contributed by atoms with Gasteiger partial charge in [-0.05, 0) is 12.0 Å². The lowest BCUT2D eigenvalue weighted by Gasteiger charge is -2.01. The van der Waals surface area contributed by atoms with Crippen molar-refractivity contribution in [3.8, 4) is 0 Å². The lowest BCUT2D eigenvalue weighted by atomic mass is 10.1. The number of primary amides is 1. The van der Waals surface area contributed by atoms with Crippen molar-refractivity contribution in [3.63, 3.8) is 0 Å². The van der Waals surface area contributed by atoms with Crippen LogP contribution in [0.15, 0.2) is 36.5 Å². The summed E-state index contributed by atoms with van der Waals surface area (Å²) >= 11 is 1.07. The molecular formula is C13H13N3O2S. The molecule has 0 saturated carbocycles. The third-order valence-electron chi connectivity index (χ3n) is 2.48. The number of carbonyl (C=O) groups excluding carboxylic acids is 2. The van der Waals surface area contributed by atoms with Crippen molar-refractivity contribution in [3.05, 3.63) is 47.0 Å². The number of thiazole rings is 1. The van der Waals surface area contributed by atoms with Gasteiger partial charge in [0.15, 0.2) is 5.13 Å². The Labute approximate surface area is 114 Å². The standard InChI is InChI=1S/C13H13N3O2S/c14-12(18)10-8-15-13(19-10)16-11(17)7-6-9-4-2-1-3-5-9/h1-5,8H,6-7H2,(H2,14,18)(H,15,16,17). The van der Waals surface area contributed by atoms with E-state index in [9.17, 15) is 9.59 Å². The van der Waals surface area contributed by atoms with E-state index in [-0.39, 0.29) is 5.91 Å². The largest absolute Gasteiger partial charge is 0.365 e. The highest BCUT2D eigenvalue weighted by Crippen LogP contribution is 2.17. The molecule has 0 atom stereocenters. The Hall–Kier alpha value is -2.21. The van der Waals surface area contributed by atoms with Gasteiger partial charge in [-0.15, -0.1) is 0 Å². The fraction of sp³-hybridized carbons (Fsp3) is 0.154. The van der Waals surface area contributed by atoms with Gasteiger partial charge in [-0.3, -0.25) is 9.59 Å². The number of benzene rings is 1. The molecule has 0 spiro atoms. The molecule has 0 fully saturated rings. The maximum absolute atomic E-state index is 11.7. The van der Waals surface area contributed by atoms with E-state index in [1.165, 1.54) is 6.20 Å². The second-order valence-electron chi connectivity index (χ2n) is 3.93. The topological polar surface area (TPSA) is 85.1 Å². The second-order valence-corrected chi connectivity index (χ2v) is 4.96. The summed E-state index contributed by atoms with van der Waals surface area (Å²) in [6, 6.07) is 9.76. The average Bonchev–Trinajstić information content (AvgIpc) is 2.86. The number of nitrogens with one attached hydrogen (secondary N) is 1. The first kappa shape index (κ1) is 13.2. The maximum Gasteiger partial charge on any atom is 0.260 e. The zero-order chi connectivity index (χ0) is 13.7. The lowest BCUT2D eigenvalue weighted by molar-refractivity contribution is -0.116. The number of hydrogen-bond donors (Lipinski definition) is 2. The number of nitrogens with two attached hydrogens (primary N) is 1. The van der Waals surface area contributed by atoms with E-state index in [1.54, 1.807) is 0 Å². The van der Waals surface area contributed by atoms with Gasteiger partial charge in [-0.2, -0.15) is 0 Å². The summed E-state index contributed by atoms with van der Waals surface area (Å²) in [5.41, 5.74) is 6.22. The predicted octanol–water partition coefficient (Wildman–Crippen LogP) is 1.81. The van der Waals surface area contributed by atoms with Crippen molar-refractivity contribution in [2.75, 3.05) is 5.32 Å². The molecule has 0 bridgehead atoms. The number of nitrogens with zero attached hydrogens (tertiary/aromatic N) is 1. The van der Waals surface area contributed by atoms with Crippen molar-refractivity contribution in [2.24, 2.45) is 5.73 Å². The molecule has 2 aromatic rings. The highest BCUT2D eigenvalue weighted by Gasteiger charge is 2.09. The number of amides is 2. The van der Waals surface area contributed by atoms with Crippen LogP contribution in [0, 0.1) is 0 Å². The number of rotatable bonds is 5. The minimum atomic E-state index is -0.540. The van der Waals surface area contributed by atoms with Crippen molar-refractivity contribution in [1.29, 1.82) is 0 Å². The van der Waals surface area contributed by atoms with E-state index in [0.717, 1.165) is 16.9 Å². The van der Waals surface area contributed by atoms with Gasteiger partial charge in [0.1, 0.15) is 4.88 Å². The summed E-state index contributed by atoms with van der Waals surface area (Å²) in [5.74, 6) is -0.670. The Morgan fingerprint density at radius 1 is 1.26 bits per heavy atom. The molecule has 3 N–H and O–H groups in total. The molecular weight excluding hydrogens is 262 g/mol. The van der Waals surface area contributed by atoms with Gasteiger partial charge in [-0.25, -0.2) is 4.98 Å². The minimum Gasteiger partial charge on any atom is -0.365 e. The van der Waals surface area contributed by atoms with Gasteiger partial charge in [0.05, 0.1) is 6.20 Å². The molecule has 1 aromatic heterocycles. The number of aryl methyl sites for hydroxylation is 1. The lowest BCUT2D eigenvalue weighted by Crippen LogP contribution is -2.12. The first-order chi connectivity index (χ1) is 9.15. The van der Waals surface area contributed by atoms with Crippen LogP contribution in [0.3, 0.4) is 0 Å². The molecule has 0 saturated heterocycles. The van der Waals surface area contributed by atoms with E-state index >= 15 is 0 Å². The van der Waals surface area contributed by atoms with Gasteiger partial charge in [0.2, 0.25) is 5.91 Å². The molecule has 1 heterocycles. The predicted molar refractivity (Wildman–Crippen MR) is 74.0 cm³/mol. The summed E-state index contributed by atoms with van der Waals surface area (Å²) < 4.78 is 0. The van der Waals surface area contributed by atoms with E-state index in [1.807, 2.05) is 30.3 Å². The van der Waals surface area contributed by atoms with Crippen LogP contribution in [-0.4, -0.2) is 16.8 Å². The molecule has 2 amide bonds. The summed E-state index contributed by atoms with van der Waals surface area (Å²) in [6.45, 7) is 0. The third kappa shape index (κ3) is 3.89. The number of aromatic nitrogens is 1. The first-order valence-corrected chi connectivity index (χ1v) is 6.56. The normalized spacial score (nSPS) is 10.1. The van der Waals surface area contributed by atoms with Crippen molar-refractivity contribution < 1.29 is 9.59 Å². The van der Waals surface area contributed by atoms with Crippen LogP contribution in [0.25, 0.3) is 0 Å². The summed E-state index contributed by atoms with van der Waals surface area (Å²) in [6.07, 6.45) is 2.40. The monoisotopic (exact) mass is 275 g/mol. The fourth-order valence-electron chi connectivity index (χ4n) is 1.53. The van der Waals surface area contributed by atoms with Crippen LogP contribution in [0.1, 0.15) is 21.7 Å². The van der Waals surface area contributed by atoms with E-state index in [4.69, 9.17) is 5.73 Å². The molecule has 1 aromatic carbocycles. The van der Waals surface area contributed by atoms with Crippen LogP contribution in [-0.2, 0) is 11.2 Å². The van der Waals surface area contributed by atoms with Crippen molar-refractivity contribution in [1.82, 2.24) is 4.98 Å². The molecule has 0 aliphatic carbocycles. The molecule has 0 aliphatic heterocycles. The molecule has 19 heavy (non-hydrogen) atoms. The quantitative estimate of drug-likeness (QED) is 0.872. The van der Waals surface area contributed by atoms with E-state index < -0.39 is 5.91 Å². The Balaban J connectivity index is 1.85. The smallest absolute Gasteiger partial charge is 0.260 e. The summed E-state index contributed by atoms with van der Waals surface area (Å²) in [4.78, 5) is 26.8. The van der Waals surface area contributed by atoms with E-state index in [0.29, 0.717) is 22.9 Å². The van der Waals surface area contributed by atoms with Crippen LogP contribution in [0.4, 0.5) is 5.13 Å². The average molecular weight is 275 g/mol. The summed E-state index contributed by atoms with van der Waals surface area (Å²) in [7, 11) is 0. The molecule has 6 heteroatoms. The Kier molecular flexibility index (Phi) is 4.25. The van der Waals surface area contributed by atoms with Gasteiger partial charge >= 0.3 is 0 Å². The van der Waals surface area contributed by atoms with Crippen LogP contribution in [0.2, 0.25) is 0 Å². The van der Waals surface area contributed by atoms with Crippen LogP contribution >= 0.6 is 11.3 Å². The zero-order valence-corrected chi connectivity index (χ0v) is 10.9. The second kappa shape index (κ2) is 6.10. The molecule has 0 aliphatic rings. The van der Waals surface area contributed by atoms with Gasteiger partial charge in [-0.1, -0.05) is 41.7 Å². The highest BCUT2D eigenvalue weighted by molar-refractivity contribution is 7.17. The third-order valence-corrected chi connectivity index (χ3v) is 3.41. The van der Waals surface area contributed by atoms with Gasteiger partial charge in [0.25, 0.3) is 5.91 Å². The van der Waals surface area contributed by atoms with Crippen LogP contribution in [0.5, 0.6) is 0 Å². The summed E-state index contributed by atoms with van der Waals surface area (Å²) in [5, 5.41) is 3.04. The zero-order valence-electron chi connectivity index (χ0n) is 10.1. The fourth-order valence-corrected chi connectivity index (χ4v) is 2.21. The first-order valence-electron chi connectivity index (χ1n) is 5.74. The van der Waals surface area contributed by atoms with Crippen molar-refractivity contribution >= 4 is 28.3 Å². The molecule has 2 rings (SSSR count). The number of anilines is 1. The SMILES string of the molecule is NC(=O)c1cnc(NC(=O)CCc2ccccc2)s1. The van der Waals surface area contributed by atoms with Gasteiger partial charge in [0, 0.05) is 6.42 Å². The Morgan fingerprint density at radius 2 is 2.00 bits per heavy atom. The Bertz CT molecular complexity index is 581. The molecule has 0 radical (unpaired) electrons. The minimum absolute atomic E-state index is 0.130. The van der Waals surface area contributed by atoms with Crippen LogP contribution < -0.4 is 11.1 Å². The van der Waals surface area contributed by atoms with Crippen molar-refractivity contribution in [2.45, 2.75) is 12.8 Å². The molecule has 0 unspecified atom stereocenters. The number of carbonyl (C=O) groups is 2. The molecule has 5 nitrogen and oxygen atoms in total. The van der Waals surface area contributed by atoms with Gasteiger partial charge < -0.3 is 11.1 Å².